The molecule has 1 heterocycles. The zero-order chi connectivity index (χ0) is 31.3. The molecule has 43 heavy (non-hydrogen) atoms. The van der Waals surface area contributed by atoms with Gasteiger partial charge in [0.05, 0.1) is 21.7 Å². The van der Waals surface area contributed by atoms with E-state index < -0.39 is 51.5 Å². The Morgan fingerprint density at radius 2 is 0.837 bits per heavy atom. The zero-order valence-electron chi connectivity index (χ0n) is 25.7. The Bertz CT molecular complexity index is 1160. The first-order valence-electron chi connectivity index (χ1n) is 15.3. The van der Waals surface area contributed by atoms with Gasteiger partial charge in [0.1, 0.15) is 0 Å². The summed E-state index contributed by atoms with van der Waals surface area (Å²) in [5.41, 5.74) is 0. The molecular weight excluding hydrogens is 766 g/mol. The summed E-state index contributed by atoms with van der Waals surface area (Å²) in [6.07, 6.45) is 8.85. The van der Waals surface area contributed by atoms with Crippen LogP contribution in [-0.2, 0) is 0 Å². The molecule has 0 amide bonds. The van der Waals surface area contributed by atoms with Crippen LogP contribution in [0, 0.1) is 0 Å². The van der Waals surface area contributed by atoms with Crippen molar-refractivity contribution in [2.45, 2.75) is 72.6 Å². The van der Waals surface area contributed by atoms with Crippen molar-refractivity contribution < 1.29 is 19.8 Å². The SMILES string of the molecule is CCC[CH2][Sn+]([CH2]CCC)[CH2]CCC.O=C([O-])c1ccc(C(=O)[O-])s1.c1cc[c]([Sn+]([c]2ccccc2)[c]2ccccc2)cc1. The van der Waals surface area contributed by atoms with Crippen LogP contribution in [0.25, 0.3) is 0 Å². The number of carboxylic acid groups (broad SMARTS) is 2. The molecule has 0 unspecified atom stereocenters. The van der Waals surface area contributed by atoms with Crippen molar-refractivity contribution in [2.24, 2.45) is 0 Å². The minimum absolute atomic E-state index is 0.107. The fourth-order valence-electron chi connectivity index (χ4n) is 4.53. The molecule has 3 aromatic carbocycles. The number of hydrogen-bond donors (Lipinski definition) is 0. The van der Waals surface area contributed by atoms with Crippen molar-refractivity contribution in [3.63, 3.8) is 0 Å². The number of aromatic carboxylic acids is 2. The van der Waals surface area contributed by atoms with Gasteiger partial charge in [0.25, 0.3) is 0 Å². The van der Waals surface area contributed by atoms with Gasteiger partial charge in [-0.1, -0.05) is 0 Å². The quantitative estimate of drug-likeness (QED) is 0.157. The van der Waals surface area contributed by atoms with Gasteiger partial charge in [-0.05, 0) is 12.1 Å². The van der Waals surface area contributed by atoms with Crippen molar-refractivity contribution in [3.05, 3.63) is 113 Å². The standard InChI is InChI=1S/C6H4O4S.3C6H5.3C4H9.2Sn/c7-5(8)3-1-2-4(11-3)6(9)10;3*1-2-4-6-5-3-1;3*1-3-4-2;;/h1-2H,(H,7,8)(H,9,10);3*1-5H;3*1,3-4H2,2H3;;/q;;;;;;;2*+1/p-2. The van der Waals surface area contributed by atoms with Crippen LogP contribution in [-0.4, -0.2) is 51.5 Å². The summed E-state index contributed by atoms with van der Waals surface area (Å²) in [5.74, 6) is -2.75. The Balaban J connectivity index is 0.000000237. The molecule has 0 aliphatic heterocycles. The van der Waals surface area contributed by atoms with Crippen LogP contribution in [0.4, 0.5) is 0 Å². The number of thiophene rings is 1. The molecule has 4 nitrogen and oxygen atoms in total. The number of unbranched alkanes of at least 4 members (excludes halogenated alkanes) is 3. The summed E-state index contributed by atoms with van der Waals surface area (Å²) in [5, 5.41) is 20.2. The minimum atomic E-state index is -1.98. The number of rotatable bonds is 14. The van der Waals surface area contributed by atoms with Crippen LogP contribution >= 0.6 is 11.3 Å². The van der Waals surface area contributed by atoms with Crippen LogP contribution in [0.3, 0.4) is 0 Å². The Kier molecular flexibility index (Phi) is 19.3. The number of carbonyl (C=O) groups is 2. The van der Waals surface area contributed by atoms with E-state index in [4.69, 9.17) is 0 Å². The van der Waals surface area contributed by atoms with Gasteiger partial charge < -0.3 is 19.8 Å². The van der Waals surface area contributed by atoms with Crippen LogP contribution < -0.4 is 21.0 Å². The maximum absolute atomic E-state index is 10.1. The molecule has 0 saturated heterocycles. The fourth-order valence-corrected chi connectivity index (χ4v) is 22.0. The van der Waals surface area contributed by atoms with Crippen molar-refractivity contribution in [3.8, 4) is 0 Å². The Labute approximate surface area is 276 Å². The summed E-state index contributed by atoms with van der Waals surface area (Å²) in [4.78, 5) is 20.0. The molecule has 0 bridgehead atoms. The predicted molar refractivity (Wildman–Crippen MR) is 182 cm³/mol. The van der Waals surface area contributed by atoms with Crippen molar-refractivity contribution >= 4 is 73.5 Å². The van der Waals surface area contributed by atoms with Gasteiger partial charge in [0.15, 0.2) is 0 Å². The van der Waals surface area contributed by atoms with Crippen molar-refractivity contribution in [1.82, 2.24) is 0 Å². The van der Waals surface area contributed by atoms with E-state index >= 15 is 0 Å². The summed E-state index contributed by atoms with van der Waals surface area (Å²) in [7, 11) is 0. The molecule has 1 aromatic heterocycles. The summed E-state index contributed by atoms with van der Waals surface area (Å²) < 4.78 is 9.63. The Hall–Kier alpha value is -2.10. The average Bonchev–Trinajstić information content (AvgIpc) is 3.55. The van der Waals surface area contributed by atoms with Gasteiger partial charge in [-0.25, -0.2) is 0 Å². The molecule has 0 aliphatic carbocycles. The number of carbonyl (C=O) groups excluding carboxylic acids is 2. The molecule has 0 radical (unpaired) electrons. The first-order chi connectivity index (χ1) is 20.9. The second-order valence-electron chi connectivity index (χ2n) is 10.3. The second kappa shape index (κ2) is 22.4. The van der Waals surface area contributed by atoms with E-state index in [1.807, 2.05) is 0 Å². The average molecular weight is 810 g/mol. The van der Waals surface area contributed by atoms with E-state index in [1.165, 1.54) is 61.4 Å². The topological polar surface area (TPSA) is 80.3 Å². The Morgan fingerprint density at radius 3 is 1.07 bits per heavy atom. The molecule has 4 aromatic rings. The van der Waals surface area contributed by atoms with Crippen LogP contribution in [0.1, 0.15) is 78.6 Å². The molecule has 0 saturated carbocycles. The first kappa shape index (κ1) is 37.1. The molecule has 0 atom stereocenters. The maximum atomic E-state index is 10.1. The summed E-state index contributed by atoms with van der Waals surface area (Å²) in [6.45, 7) is 7.00. The molecule has 0 aliphatic rings. The van der Waals surface area contributed by atoms with E-state index in [0.29, 0.717) is 11.3 Å². The van der Waals surface area contributed by atoms with Crippen LogP contribution in [0.5, 0.6) is 0 Å². The molecule has 4 rings (SSSR count). The van der Waals surface area contributed by atoms with Crippen LogP contribution in [0.2, 0.25) is 13.3 Å². The normalized spacial score (nSPS) is 10.0. The molecule has 226 valence electrons. The van der Waals surface area contributed by atoms with E-state index in [0.717, 1.165) is 0 Å². The van der Waals surface area contributed by atoms with Gasteiger partial charge in [-0.2, -0.15) is 0 Å². The van der Waals surface area contributed by atoms with E-state index in [1.54, 1.807) is 13.3 Å². The van der Waals surface area contributed by atoms with Gasteiger partial charge in [-0.15, -0.1) is 11.3 Å². The van der Waals surface area contributed by atoms with Gasteiger partial charge in [-0.3, -0.25) is 0 Å². The van der Waals surface area contributed by atoms with Gasteiger partial charge >= 0.3 is 214 Å². The monoisotopic (exact) mass is 812 g/mol. The third-order valence-corrected chi connectivity index (χ3v) is 24.8. The first-order valence-corrected chi connectivity index (χ1v) is 26.5. The predicted octanol–water partition coefficient (Wildman–Crippen LogP) is 5.56. The van der Waals surface area contributed by atoms with Crippen molar-refractivity contribution in [1.29, 1.82) is 0 Å². The van der Waals surface area contributed by atoms with E-state index in [9.17, 15) is 19.8 Å². The van der Waals surface area contributed by atoms with Gasteiger partial charge in [0, 0.05) is 0 Å². The summed E-state index contributed by atoms with van der Waals surface area (Å²) in [6, 6.07) is 35.3. The molecule has 0 N–H and O–H groups in total. The van der Waals surface area contributed by atoms with E-state index in [2.05, 4.69) is 112 Å². The third-order valence-electron chi connectivity index (χ3n) is 6.85. The number of hydrogen-bond acceptors (Lipinski definition) is 5. The second-order valence-corrected chi connectivity index (χ2v) is 27.0. The Morgan fingerprint density at radius 1 is 0.535 bits per heavy atom. The zero-order valence-corrected chi connectivity index (χ0v) is 32.2. The fraction of sp³-hybridized carbons (Fsp3) is 0.333. The van der Waals surface area contributed by atoms with Gasteiger partial charge in [0.2, 0.25) is 0 Å². The molecule has 0 fully saturated rings. The third kappa shape index (κ3) is 14.5. The summed E-state index contributed by atoms with van der Waals surface area (Å²) >= 11 is -2.20. The molecular formula is C36H44O4SSn2. The number of benzene rings is 3. The van der Waals surface area contributed by atoms with Crippen molar-refractivity contribution in [2.75, 3.05) is 0 Å². The molecule has 0 spiro atoms. The van der Waals surface area contributed by atoms with E-state index in [-0.39, 0.29) is 9.75 Å². The number of carboxylic acids is 2. The van der Waals surface area contributed by atoms with Crippen LogP contribution in [0.15, 0.2) is 103 Å². The molecule has 7 heteroatoms.